The molecule has 0 N–H and O–H groups in total. The van der Waals surface area contributed by atoms with E-state index in [9.17, 15) is 0 Å². The van der Waals surface area contributed by atoms with Crippen molar-refractivity contribution in [3.8, 4) is 5.06 Å². The third kappa shape index (κ3) is 3.26. The Hall–Kier alpha value is -0.450. The summed E-state index contributed by atoms with van der Waals surface area (Å²) >= 11 is 5.30. The molecule has 0 aliphatic rings. The summed E-state index contributed by atoms with van der Waals surface area (Å²) in [5.41, 5.74) is 0. The van der Waals surface area contributed by atoms with Crippen molar-refractivity contribution in [2.24, 2.45) is 0 Å². The van der Waals surface area contributed by atoms with Gasteiger partial charge < -0.3 is 4.74 Å². The van der Waals surface area contributed by atoms with Crippen LogP contribution in [0.25, 0.3) is 0 Å². The first-order chi connectivity index (χ1) is 7.38. The molecule has 0 saturated carbocycles. The van der Waals surface area contributed by atoms with Crippen LogP contribution in [0.4, 0.5) is 0 Å². The lowest BCUT2D eigenvalue weighted by Crippen LogP contribution is -1.91. The molecule has 2 rings (SSSR count). The molecule has 0 amide bonds. The summed E-state index contributed by atoms with van der Waals surface area (Å²) in [6.45, 7) is 2.93. The molecule has 0 aromatic carbocycles. The van der Waals surface area contributed by atoms with Gasteiger partial charge in [0.25, 0.3) is 0 Å². The zero-order valence-corrected chi connectivity index (χ0v) is 10.9. The lowest BCUT2D eigenvalue weighted by molar-refractivity contribution is 0.326. The van der Waals surface area contributed by atoms with E-state index in [0.29, 0.717) is 0 Å². The first kappa shape index (κ1) is 11.0. The van der Waals surface area contributed by atoms with E-state index in [1.54, 1.807) is 34.4 Å². The van der Waals surface area contributed by atoms with Gasteiger partial charge >= 0.3 is 0 Å². The molecule has 0 aliphatic carbocycles. The van der Waals surface area contributed by atoms with Crippen molar-refractivity contribution in [2.75, 3.05) is 6.61 Å². The second kappa shape index (κ2) is 5.58. The third-order valence-electron chi connectivity index (χ3n) is 1.70. The van der Waals surface area contributed by atoms with E-state index in [-0.39, 0.29) is 0 Å². The van der Waals surface area contributed by atoms with Crippen LogP contribution in [0.3, 0.4) is 0 Å². The van der Waals surface area contributed by atoms with Gasteiger partial charge in [-0.1, -0.05) is 36.1 Å². The maximum Gasteiger partial charge on any atom is 0.174 e. The van der Waals surface area contributed by atoms with Crippen LogP contribution < -0.4 is 4.74 Å². The molecule has 0 aliphatic heterocycles. The quantitative estimate of drug-likeness (QED) is 0.763. The highest BCUT2D eigenvalue weighted by Gasteiger charge is 2.03. The van der Waals surface area contributed by atoms with Crippen molar-refractivity contribution in [3.63, 3.8) is 0 Å². The summed E-state index contributed by atoms with van der Waals surface area (Å²) in [5.74, 6) is 0. The van der Waals surface area contributed by atoms with E-state index in [4.69, 9.17) is 4.74 Å². The fourth-order valence-corrected chi connectivity index (χ4v) is 4.07. The van der Waals surface area contributed by atoms with Crippen molar-refractivity contribution in [1.82, 2.24) is 0 Å². The molecular formula is C11H12OS3. The molecule has 1 nitrogen and oxygen atoms in total. The largest absolute Gasteiger partial charge is 0.484 e. The average Bonchev–Trinajstić information content (AvgIpc) is 2.87. The Morgan fingerprint density at radius 2 is 2.20 bits per heavy atom. The van der Waals surface area contributed by atoms with Crippen molar-refractivity contribution in [3.05, 3.63) is 29.6 Å². The van der Waals surface area contributed by atoms with Gasteiger partial charge in [-0.05, 0) is 30.0 Å². The van der Waals surface area contributed by atoms with Crippen LogP contribution in [0.5, 0.6) is 5.06 Å². The van der Waals surface area contributed by atoms with E-state index in [1.807, 2.05) is 0 Å². The molecule has 0 atom stereocenters. The Bertz CT molecular complexity index is 392. The Kier molecular flexibility index (Phi) is 4.11. The molecule has 4 heteroatoms. The van der Waals surface area contributed by atoms with Gasteiger partial charge in [-0.15, -0.1) is 11.3 Å². The highest BCUT2D eigenvalue weighted by atomic mass is 32.2. The summed E-state index contributed by atoms with van der Waals surface area (Å²) in [6.07, 6.45) is 1.06. The predicted octanol–water partition coefficient (Wildman–Crippen LogP) is 4.75. The van der Waals surface area contributed by atoms with Crippen LogP contribution in [0.2, 0.25) is 0 Å². The number of thiophene rings is 2. The lowest BCUT2D eigenvalue weighted by atomic mass is 10.5. The third-order valence-corrected chi connectivity index (χ3v) is 4.87. The Morgan fingerprint density at radius 3 is 2.93 bits per heavy atom. The molecule has 0 saturated heterocycles. The van der Waals surface area contributed by atoms with Crippen molar-refractivity contribution >= 4 is 34.4 Å². The summed E-state index contributed by atoms with van der Waals surface area (Å²) in [4.78, 5) is 0. The van der Waals surface area contributed by atoms with Crippen molar-refractivity contribution in [2.45, 2.75) is 21.8 Å². The normalized spacial score (nSPS) is 10.5. The molecule has 0 spiro atoms. The first-order valence-electron chi connectivity index (χ1n) is 4.82. The number of hydrogen-bond donors (Lipinski definition) is 0. The average molecular weight is 256 g/mol. The Morgan fingerprint density at radius 1 is 1.27 bits per heavy atom. The molecular weight excluding hydrogens is 244 g/mol. The summed E-state index contributed by atoms with van der Waals surface area (Å²) in [5, 5.41) is 3.13. The van der Waals surface area contributed by atoms with Crippen LogP contribution in [-0.4, -0.2) is 6.61 Å². The molecule has 0 unspecified atom stereocenters. The van der Waals surface area contributed by atoms with Gasteiger partial charge in [-0.25, -0.2) is 0 Å². The fraction of sp³-hybridized carbons (Fsp3) is 0.273. The molecule has 2 heterocycles. The second-order valence-corrected chi connectivity index (χ2v) is 6.55. The molecule has 2 aromatic heterocycles. The molecule has 0 fully saturated rings. The van der Waals surface area contributed by atoms with E-state index in [1.165, 1.54) is 8.42 Å². The van der Waals surface area contributed by atoms with Crippen molar-refractivity contribution in [1.29, 1.82) is 0 Å². The lowest BCUT2D eigenvalue weighted by Gasteiger charge is -1.98. The summed E-state index contributed by atoms with van der Waals surface area (Å²) < 4.78 is 8.19. The van der Waals surface area contributed by atoms with Crippen molar-refractivity contribution < 1.29 is 4.74 Å². The highest BCUT2D eigenvalue weighted by Crippen LogP contribution is 2.38. The minimum absolute atomic E-state index is 0.809. The topological polar surface area (TPSA) is 9.23 Å². The Balaban J connectivity index is 1.95. The van der Waals surface area contributed by atoms with Crippen LogP contribution in [-0.2, 0) is 0 Å². The zero-order valence-electron chi connectivity index (χ0n) is 8.43. The van der Waals surface area contributed by atoms with Crippen LogP contribution in [0.15, 0.2) is 38.1 Å². The smallest absolute Gasteiger partial charge is 0.174 e. The highest BCUT2D eigenvalue weighted by molar-refractivity contribution is 8.02. The van der Waals surface area contributed by atoms with Gasteiger partial charge in [-0.3, -0.25) is 0 Å². The Labute approximate surface area is 102 Å². The molecule has 80 valence electrons. The first-order valence-corrected chi connectivity index (χ1v) is 7.33. The maximum absolute atomic E-state index is 5.56. The molecule has 0 bridgehead atoms. The molecule has 2 aromatic rings. The number of rotatable bonds is 5. The van der Waals surface area contributed by atoms with Crippen LogP contribution in [0.1, 0.15) is 13.3 Å². The monoisotopic (exact) mass is 256 g/mol. The van der Waals surface area contributed by atoms with E-state index >= 15 is 0 Å². The minimum atomic E-state index is 0.809. The number of ether oxygens (including phenoxy) is 1. The fourth-order valence-electron chi connectivity index (χ4n) is 1.06. The van der Waals surface area contributed by atoms with Crippen LogP contribution >= 0.6 is 34.4 Å². The van der Waals surface area contributed by atoms with Crippen LogP contribution in [0, 0.1) is 0 Å². The van der Waals surface area contributed by atoms with Gasteiger partial charge in [-0.2, -0.15) is 0 Å². The molecule has 0 radical (unpaired) electrons. The van der Waals surface area contributed by atoms with Gasteiger partial charge in [0.05, 0.1) is 15.0 Å². The summed E-state index contributed by atoms with van der Waals surface area (Å²) in [6, 6.07) is 8.40. The number of hydrogen-bond acceptors (Lipinski definition) is 4. The van der Waals surface area contributed by atoms with Gasteiger partial charge in [0.2, 0.25) is 0 Å². The SMILES string of the molecule is CCCOc1ccc(Sc2cccs2)s1. The molecule has 15 heavy (non-hydrogen) atoms. The van der Waals surface area contributed by atoms with E-state index in [0.717, 1.165) is 18.1 Å². The predicted molar refractivity (Wildman–Crippen MR) is 68.5 cm³/mol. The minimum Gasteiger partial charge on any atom is -0.484 e. The van der Waals surface area contributed by atoms with Gasteiger partial charge in [0.15, 0.2) is 5.06 Å². The second-order valence-electron chi connectivity index (χ2n) is 2.96. The van der Waals surface area contributed by atoms with E-state index in [2.05, 4.69) is 36.6 Å². The zero-order chi connectivity index (χ0) is 10.5. The maximum atomic E-state index is 5.56. The standard InChI is InChI=1S/C11H12OS3/c1-2-7-12-9-5-6-11(14-9)15-10-4-3-8-13-10/h3-6,8H,2,7H2,1H3. The van der Waals surface area contributed by atoms with Gasteiger partial charge in [0.1, 0.15) is 0 Å². The summed E-state index contributed by atoms with van der Waals surface area (Å²) in [7, 11) is 0. The van der Waals surface area contributed by atoms with E-state index < -0.39 is 0 Å². The van der Waals surface area contributed by atoms with Gasteiger partial charge in [0, 0.05) is 0 Å².